The van der Waals surface area contributed by atoms with Crippen LogP contribution >= 0.6 is 11.6 Å². The van der Waals surface area contributed by atoms with Crippen molar-refractivity contribution in [2.45, 2.75) is 10.4 Å². The van der Waals surface area contributed by atoms with Gasteiger partial charge in [0.1, 0.15) is 0 Å². The minimum atomic E-state index is -2.06. The molecule has 1 aromatic rings. The zero-order valence-corrected chi connectivity index (χ0v) is 10.9. The van der Waals surface area contributed by atoms with Gasteiger partial charge in [0.25, 0.3) is 0 Å². The number of hydrogen-bond acceptors (Lipinski definition) is 2. The van der Waals surface area contributed by atoms with Gasteiger partial charge in [-0.05, 0) is 0 Å². The molecule has 0 spiro atoms. The summed E-state index contributed by atoms with van der Waals surface area (Å²) in [4.78, 5) is 21.3. The molecular formula is C10H10AsClO4. The Balaban J connectivity index is 2.86. The number of carboxylic acids is 2. The van der Waals surface area contributed by atoms with E-state index in [1.54, 1.807) is 24.3 Å². The van der Waals surface area contributed by atoms with Crippen LogP contribution in [0.25, 0.3) is 0 Å². The van der Waals surface area contributed by atoms with E-state index in [9.17, 15) is 9.59 Å². The summed E-state index contributed by atoms with van der Waals surface area (Å²) in [7, 11) is 0. The van der Waals surface area contributed by atoms with Crippen molar-refractivity contribution < 1.29 is 19.8 Å². The van der Waals surface area contributed by atoms with Gasteiger partial charge < -0.3 is 0 Å². The van der Waals surface area contributed by atoms with Gasteiger partial charge in [0.05, 0.1) is 0 Å². The van der Waals surface area contributed by atoms with Gasteiger partial charge in [-0.1, -0.05) is 0 Å². The minimum absolute atomic E-state index is 0.0546. The first-order valence-corrected chi connectivity index (χ1v) is 8.40. The summed E-state index contributed by atoms with van der Waals surface area (Å²) in [6.45, 7) is 0. The van der Waals surface area contributed by atoms with Crippen molar-refractivity contribution in [3.05, 3.63) is 29.3 Å². The van der Waals surface area contributed by atoms with E-state index in [0.717, 1.165) is 4.35 Å². The number of rotatable bonds is 5. The number of aliphatic carboxylic acids is 2. The van der Waals surface area contributed by atoms with Crippen molar-refractivity contribution in [2.75, 3.05) is 0 Å². The van der Waals surface area contributed by atoms with Crippen molar-refractivity contribution in [2.24, 2.45) is 0 Å². The molecule has 16 heavy (non-hydrogen) atoms. The van der Waals surface area contributed by atoms with E-state index in [0.29, 0.717) is 5.02 Å². The van der Waals surface area contributed by atoms with Gasteiger partial charge in [-0.15, -0.1) is 0 Å². The molecule has 0 amide bonds. The summed E-state index contributed by atoms with van der Waals surface area (Å²) in [5, 5.41) is 17.9. The zero-order chi connectivity index (χ0) is 12.1. The van der Waals surface area contributed by atoms with Crippen LogP contribution in [0.5, 0.6) is 0 Å². The molecule has 86 valence electrons. The quantitative estimate of drug-likeness (QED) is 0.802. The first-order valence-electron chi connectivity index (χ1n) is 4.43. The fourth-order valence-electron chi connectivity index (χ4n) is 1.22. The van der Waals surface area contributed by atoms with Crippen LogP contribution < -0.4 is 4.35 Å². The Bertz CT molecular complexity index is 374. The van der Waals surface area contributed by atoms with E-state index in [2.05, 4.69) is 0 Å². The number of carbonyl (C=O) groups is 2. The van der Waals surface area contributed by atoms with Gasteiger partial charge in [0.15, 0.2) is 0 Å². The van der Waals surface area contributed by atoms with Gasteiger partial charge in [-0.2, -0.15) is 0 Å². The molecule has 0 bridgehead atoms. The van der Waals surface area contributed by atoms with Crippen LogP contribution in [-0.2, 0) is 9.59 Å². The molecule has 6 heteroatoms. The molecule has 4 nitrogen and oxygen atoms in total. The molecule has 0 aliphatic rings. The monoisotopic (exact) mass is 304 g/mol. The predicted octanol–water partition coefficient (Wildman–Crippen LogP) is 1.21. The Morgan fingerprint density at radius 2 is 1.50 bits per heavy atom. The van der Waals surface area contributed by atoms with E-state index in [1.165, 1.54) is 0 Å². The SMILES string of the molecule is O=C(O)C[As](CC(=O)O)c1ccc(Cl)cc1. The molecule has 0 heterocycles. The summed E-state index contributed by atoms with van der Waals surface area (Å²) < 4.78 is 0.821. The summed E-state index contributed by atoms with van der Waals surface area (Å²) >= 11 is 3.65. The predicted molar refractivity (Wildman–Crippen MR) is 61.7 cm³/mol. The van der Waals surface area contributed by atoms with Crippen LogP contribution in [0.2, 0.25) is 15.4 Å². The number of benzene rings is 1. The number of hydrogen-bond donors (Lipinski definition) is 2. The Morgan fingerprint density at radius 3 is 1.88 bits per heavy atom. The molecule has 0 saturated heterocycles. The molecule has 0 aliphatic carbocycles. The Morgan fingerprint density at radius 1 is 1.06 bits per heavy atom. The molecule has 0 aliphatic heterocycles. The molecule has 0 fully saturated rings. The normalized spacial score (nSPS) is 10.4. The summed E-state index contributed by atoms with van der Waals surface area (Å²) in [6.07, 6.45) is 0. The second-order valence-electron chi connectivity index (χ2n) is 3.12. The topological polar surface area (TPSA) is 74.6 Å². The third-order valence-electron chi connectivity index (χ3n) is 1.84. The average molecular weight is 305 g/mol. The van der Waals surface area contributed by atoms with Crippen LogP contribution in [0, 0.1) is 0 Å². The Kier molecular flexibility index (Phi) is 4.84. The summed E-state index contributed by atoms with van der Waals surface area (Å²) in [5.41, 5.74) is 0. The standard InChI is InChI=1S/C10H10AsClO4/c12-8-3-1-7(2-4-8)11(5-9(13)14)6-10(15)16/h1-4H,5-6H2,(H,13,14)(H,15,16). The number of carboxylic acid groups (broad SMARTS) is 2. The molecule has 0 radical (unpaired) electrons. The van der Waals surface area contributed by atoms with Gasteiger partial charge >= 0.3 is 102 Å². The maximum absolute atomic E-state index is 10.6. The molecule has 0 unspecified atom stereocenters. The van der Waals surface area contributed by atoms with Gasteiger partial charge in [0, 0.05) is 0 Å². The van der Waals surface area contributed by atoms with Crippen LogP contribution in [0.1, 0.15) is 0 Å². The zero-order valence-electron chi connectivity index (χ0n) is 8.26. The molecule has 2 N–H and O–H groups in total. The Hall–Kier alpha value is -0.992. The maximum atomic E-state index is 10.6. The van der Waals surface area contributed by atoms with E-state index in [-0.39, 0.29) is 10.4 Å². The van der Waals surface area contributed by atoms with E-state index in [4.69, 9.17) is 21.8 Å². The average Bonchev–Trinajstić information content (AvgIpc) is 2.16. The van der Waals surface area contributed by atoms with Gasteiger partial charge in [-0.25, -0.2) is 0 Å². The van der Waals surface area contributed by atoms with E-state index >= 15 is 0 Å². The van der Waals surface area contributed by atoms with Crippen LogP contribution in [0.4, 0.5) is 0 Å². The van der Waals surface area contributed by atoms with Crippen molar-refractivity contribution in [1.82, 2.24) is 0 Å². The second kappa shape index (κ2) is 5.92. The van der Waals surface area contributed by atoms with Crippen molar-refractivity contribution >= 4 is 42.5 Å². The molecule has 1 rings (SSSR count). The third kappa shape index (κ3) is 4.25. The molecule has 1 aromatic carbocycles. The first kappa shape index (κ1) is 13.1. The molecule has 0 saturated carbocycles. The Labute approximate surface area is 102 Å². The van der Waals surface area contributed by atoms with Gasteiger partial charge in [0.2, 0.25) is 0 Å². The summed E-state index contributed by atoms with van der Waals surface area (Å²) in [5.74, 6) is -1.90. The third-order valence-corrected chi connectivity index (χ3v) is 6.99. The van der Waals surface area contributed by atoms with Crippen LogP contribution in [0.15, 0.2) is 24.3 Å². The van der Waals surface area contributed by atoms with E-state index < -0.39 is 26.6 Å². The molecular weight excluding hydrogens is 294 g/mol. The van der Waals surface area contributed by atoms with E-state index in [1.807, 2.05) is 0 Å². The van der Waals surface area contributed by atoms with Gasteiger partial charge in [-0.3, -0.25) is 0 Å². The second-order valence-corrected chi connectivity index (χ2v) is 8.23. The van der Waals surface area contributed by atoms with Crippen molar-refractivity contribution in [3.63, 3.8) is 0 Å². The first-order chi connectivity index (χ1) is 7.49. The number of halogens is 1. The van der Waals surface area contributed by atoms with Crippen molar-refractivity contribution in [3.8, 4) is 0 Å². The van der Waals surface area contributed by atoms with Crippen molar-refractivity contribution in [1.29, 1.82) is 0 Å². The summed E-state index contributed by atoms with van der Waals surface area (Å²) in [6, 6.07) is 6.74. The van der Waals surface area contributed by atoms with Crippen LogP contribution in [-0.4, -0.2) is 36.8 Å². The molecule has 0 atom stereocenters. The fourth-order valence-corrected chi connectivity index (χ4v) is 4.91. The fraction of sp³-hybridized carbons (Fsp3) is 0.200. The van der Waals surface area contributed by atoms with Crippen LogP contribution in [0.3, 0.4) is 0 Å². The molecule has 0 aromatic heterocycles.